The van der Waals surface area contributed by atoms with E-state index in [0.29, 0.717) is 35.0 Å². The Morgan fingerprint density at radius 1 is 1.15 bits per heavy atom. The molecule has 2 aromatic heterocycles. The van der Waals surface area contributed by atoms with Crippen LogP contribution in [0, 0.1) is 0 Å². The van der Waals surface area contributed by atoms with Crippen molar-refractivity contribution in [2.75, 3.05) is 17.7 Å². The molecule has 1 aliphatic rings. The van der Waals surface area contributed by atoms with E-state index in [2.05, 4.69) is 20.6 Å². The zero-order chi connectivity index (χ0) is 24.0. The number of rotatable bonds is 3. The summed E-state index contributed by atoms with van der Waals surface area (Å²) in [4.78, 5) is 25.6. The predicted molar refractivity (Wildman–Crippen MR) is 128 cm³/mol. The molecule has 1 aromatic carbocycles. The van der Waals surface area contributed by atoms with Gasteiger partial charge in [-0.05, 0) is 53.2 Å². The highest BCUT2D eigenvalue weighted by molar-refractivity contribution is 5.98. The molecule has 1 aliphatic heterocycles. The van der Waals surface area contributed by atoms with Crippen LogP contribution in [0.15, 0.2) is 30.6 Å². The van der Waals surface area contributed by atoms with Crippen LogP contribution in [0.1, 0.15) is 53.1 Å². The number of alkyl carbamates (subject to hydrolysis) is 1. The topological polar surface area (TPSA) is 124 Å². The van der Waals surface area contributed by atoms with Gasteiger partial charge in [-0.15, -0.1) is 0 Å². The number of anilines is 2. The normalized spacial score (nSPS) is 15.6. The standard InChI is InChI=1S/C24H30N6O3/c1-23(2,3)30-21-27-11-16-19(29-21)15(10-26-20(16)25)13-7-8-14-17(12-32-18(14)9-13)28-22(31)33-24(4,5)6/h7-11,17H,12H2,1-6H3,(H2,25,26)(H,28,31)(H,27,29,30). The third kappa shape index (κ3) is 5.08. The van der Waals surface area contributed by atoms with Crippen molar-refractivity contribution in [2.24, 2.45) is 0 Å². The molecule has 174 valence electrons. The highest BCUT2D eigenvalue weighted by Gasteiger charge is 2.28. The van der Waals surface area contributed by atoms with Crippen LogP contribution >= 0.6 is 0 Å². The van der Waals surface area contributed by atoms with E-state index in [4.69, 9.17) is 20.2 Å². The van der Waals surface area contributed by atoms with E-state index in [0.717, 1.165) is 16.7 Å². The van der Waals surface area contributed by atoms with Gasteiger partial charge in [0.15, 0.2) is 0 Å². The molecule has 9 nitrogen and oxygen atoms in total. The summed E-state index contributed by atoms with van der Waals surface area (Å²) in [5.74, 6) is 1.58. The quantitative estimate of drug-likeness (QED) is 0.535. The van der Waals surface area contributed by atoms with Crippen molar-refractivity contribution in [1.82, 2.24) is 20.3 Å². The second-order valence-corrected chi connectivity index (χ2v) is 10.2. The summed E-state index contributed by atoms with van der Waals surface area (Å²) in [7, 11) is 0. The third-order valence-electron chi connectivity index (χ3n) is 4.94. The number of carbonyl (C=O) groups excluding carboxylic acids is 1. The van der Waals surface area contributed by atoms with E-state index in [1.807, 2.05) is 59.7 Å². The highest BCUT2D eigenvalue weighted by Crippen LogP contribution is 2.38. The molecule has 3 aromatic rings. The molecular formula is C24H30N6O3. The lowest BCUT2D eigenvalue weighted by Gasteiger charge is -2.21. The van der Waals surface area contributed by atoms with Gasteiger partial charge in [-0.25, -0.2) is 19.7 Å². The number of ether oxygens (including phenoxy) is 2. The molecule has 0 fully saturated rings. The molecule has 1 atom stereocenters. The largest absolute Gasteiger partial charge is 0.491 e. The Balaban J connectivity index is 1.67. The number of nitrogens with zero attached hydrogens (tertiary/aromatic N) is 3. The van der Waals surface area contributed by atoms with E-state index in [9.17, 15) is 4.79 Å². The first-order valence-electron chi connectivity index (χ1n) is 10.9. The molecule has 4 rings (SSSR count). The molecule has 4 N–H and O–H groups in total. The minimum atomic E-state index is -0.567. The van der Waals surface area contributed by atoms with E-state index < -0.39 is 11.7 Å². The Morgan fingerprint density at radius 3 is 2.61 bits per heavy atom. The monoisotopic (exact) mass is 450 g/mol. The number of nitrogens with two attached hydrogens (primary N) is 1. The maximum absolute atomic E-state index is 12.2. The lowest BCUT2D eigenvalue weighted by atomic mass is 10.0. The molecule has 1 amide bonds. The molecular weight excluding hydrogens is 420 g/mol. The number of nitrogen functional groups attached to an aromatic ring is 1. The van der Waals surface area contributed by atoms with Crippen LogP contribution in [0.2, 0.25) is 0 Å². The number of fused-ring (bicyclic) bond motifs is 2. The van der Waals surface area contributed by atoms with Crippen LogP contribution in [-0.2, 0) is 4.74 Å². The summed E-state index contributed by atoms with van der Waals surface area (Å²) >= 11 is 0. The summed E-state index contributed by atoms with van der Waals surface area (Å²) in [6.45, 7) is 11.9. The van der Waals surface area contributed by atoms with Crippen LogP contribution in [0.3, 0.4) is 0 Å². The van der Waals surface area contributed by atoms with Crippen molar-refractivity contribution in [3.05, 3.63) is 36.2 Å². The van der Waals surface area contributed by atoms with Crippen molar-refractivity contribution in [3.63, 3.8) is 0 Å². The third-order valence-corrected chi connectivity index (χ3v) is 4.94. The molecule has 0 saturated heterocycles. The fraction of sp³-hybridized carbons (Fsp3) is 0.417. The molecule has 9 heteroatoms. The van der Waals surface area contributed by atoms with E-state index in [1.165, 1.54) is 0 Å². The van der Waals surface area contributed by atoms with Gasteiger partial charge in [0.1, 0.15) is 23.8 Å². The number of carbonyl (C=O) groups is 1. The summed E-state index contributed by atoms with van der Waals surface area (Å²) in [5.41, 5.74) is 8.62. The number of aromatic nitrogens is 3. The summed E-state index contributed by atoms with van der Waals surface area (Å²) in [6.07, 6.45) is 2.92. The van der Waals surface area contributed by atoms with Crippen LogP contribution in [0.4, 0.5) is 16.6 Å². The van der Waals surface area contributed by atoms with Gasteiger partial charge in [0.2, 0.25) is 5.95 Å². The zero-order valence-corrected chi connectivity index (χ0v) is 19.8. The van der Waals surface area contributed by atoms with Gasteiger partial charge >= 0.3 is 6.09 Å². The minimum absolute atomic E-state index is 0.191. The number of nitrogens with one attached hydrogen (secondary N) is 2. The lowest BCUT2D eigenvalue weighted by molar-refractivity contribution is 0.0497. The Labute approximate surface area is 193 Å². The number of benzene rings is 1. The Kier molecular flexibility index (Phi) is 5.51. The fourth-order valence-corrected chi connectivity index (χ4v) is 3.59. The lowest BCUT2D eigenvalue weighted by Crippen LogP contribution is -2.35. The predicted octanol–water partition coefficient (Wildman–Crippen LogP) is 4.44. The smallest absolute Gasteiger partial charge is 0.408 e. The van der Waals surface area contributed by atoms with Gasteiger partial charge in [-0.3, -0.25) is 0 Å². The highest BCUT2D eigenvalue weighted by atomic mass is 16.6. The molecule has 0 radical (unpaired) electrons. The van der Waals surface area contributed by atoms with E-state index >= 15 is 0 Å². The van der Waals surface area contributed by atoms with Crippen molar-refractivity contribution >= 4 is 28.8 Å². The van der Waals surface area contributed by atoms with Gasteiger partial charge in [0.25, 0.3) is 0 Å². The molecule has 0 aliphatic carbocycles. The Morgan fingerprint density at radius 2 is 1.91 bits per heavy atom. The average molecular weight is 451 g/mol. The number of amides is 1. The van der Waals surface area contributed by atoms with Crippen molar-refractivity contribution in [3.8, 4) is 16.9 Å². The zero-order valence-electron chi connectivity index (χ0n) is 19.8. The van der Waals surface area contributed by atoms with Gasteiger partial charge in [-0.1, -0.05) is 12.1 Å². The second kappa shape index (κ2) is 8.06. The first kappa shape index (κ1) is 22.6. The number of pyridine rings is 1. The SMILES string of the molecule is CC(C)(C)Nc1ncc2c(N)ncc(-c3ccc4c(c3)OCC4NC(=O)OC(C)(C)C)c2n1. The van der Waals surface area contributed by atoms with Crippen LogP contribution < -0.4 is 21.1 Å². The van der Waals surface area contributed by atoms with Crippen LogP contribution in [-0.4, -0.2) is 38.8 Å². The van der Waals surface area contributed by atoms with E-state index in [-0.39, 0.29) is 11.6 Å². The molecule has 0 bridgehead atoms. The van der Waals surface area contributed by atoms with Crippen LogP contribution in [0.25, 0.3) is 22.0 Å². The number of hydrogen-bond acceptors (Lipinski definition) is 8. The first-order valence-corrected chi connectivity index (χ1v) is 10.9. The molecule has 1 unspecified atom stereocenters. The molecule has 3 heterocycles. The molecule has 33 heavy (non-hydrogen) atoms. The Hall–Kier alpha value is -3.62. The summed E-state index contributed by atoms with van der Waals surface area (Å²) < 4.78 is 11.2. The maximum atomic E-state index is 12.2. The van der Waals surface area contributed by atoms with Crippen molar-refractivity contribution in [1.29, 1.82) is 0 Å². The maximum Gasteiger partial charge on any atom is 0.408 e. The summed E-state index contributed by atoms with van der Waals surface area (Å²) in [6, 6.07) is 5.55. The second-order valence-electron chi connectivity index (χ2n) is 10.2. The Bertz CT molecular complexity index is 1210. The fourth-order valence-electron chi connectivity index (χ4n) is 3.59. The van der Waals surface area contributed by atoms with Gasteiger partial charge in [-0.2, -0.15) is 0 Å². The summed E-state index contributed by atoms with van der Waals surface area (Å²) in [5, 5.41) is 6.84. The number of hydrogen-bond donors (Lipinski definition) is 3. The van der Waals surface area contributed by atoms with Crippen LogP contribution in [0.5, 0.6) is 5.75 Å². The van der Waals surface area contributed by atoms with Crippen molar-refractivity contribution < 1.29 is 14.3 Å². The van der Waals surface area contributed by atoms with Gasteiger partial charge in [0.05, 0.1) is 16.9 Å². The molecule has 0 spiro atoms. The van der Waals surface area contributed by atoms with Crippen molar-refractivity contribution in [2.45, 2.75) is 58.7 Å². The van der Waals surface area contributed by atoms with Gasteiger partial charge in [0, 0.05) is 29.1 Å². The van der Waals surface area contributed by atoms with Gasteiger partial charge < -0.3 is 25.8 Å². The molecule has 0 saturated carbocycles. The first-order chi connectivity index (χ1) is 15.4. The minimum Gasteiger partial charge on any atom is -0.491 e. The van der Waals surface area contributed by atoms with E-state index in [1.54, 1.807) is 12.4 Å². The average Bonchev–Trinajstić information content (AvgIpc) is 3.07.